The van der Waals surface area contributed by atoms with Gasteiger partial charge in [0.05, 0.1) is 5.75 Å². The minimum absolute atomic E-state index is 0.0550. The average Bonchev–Trinajstić information content (AvgIpc) is 3.19. The molecule has 0 saturated carbocycles. The number of aromatic nitrogens is 2. The third-order valence-electron chi connectivity index (χ3n) is 4.22. The molecule has 0 bridgehead atoms. The number of carbonyl (C=O) groups excluding carboxylic acids is 1. The first-order valence-electron chi connectivity index (χ1n) is 8.82. The maximum Gasteiger partial charge on any atom is 0.230 e. The lowest BCUT2D eigenvalue weighted by molar-refractivity contribution is -0.118. The van der Waals surface area contributed by atoms with Crippen LogP contribution in [0.15, 0.2) is 47.8 Å². The molecule has 1 aromatic heterocycles. The molecule has 25 heavy (non-hydrogen) atoms. The summed E-state index contributed by atoms with van der Waals surface area (Å²) in [6.07, 6.45) is 5.97. The predicted octanol–water partition coefficient (Wildman–Crippen LogP) is 2.92. The second-order valence-corrected chi connectivity index (χ2v) is 7.13. The van der Waals surface area contributed by atoms with Crippen LogP contribution >= 0.6 is 11.8 Å². The maximum absolute atomic E-state index is 12.0. The highest BCUT2D eigenvalue weighted by Crippen LogP contribution is 2.22. The number of rotatable bonds is 8. The first kappa shape index (κ1) is 17.7. The Hall–Kier alpha value is -2.08. The lowest BCUT2D eigenvalue weighted by atomic mass is 10.1. The van der Waals surface area contributed by atoms with Gasteiger partial charge in [0.2, 0.25) is 5.91 Å². The van der Waals surface area contributed by atoms with Gasteiger partial charge in [-0.1, -0.05) is 42.1 Å². The van der Waals surface area contributed by atoms with Gasteiger partial charge < -0.3 is 10.2 Å². The molecule has 3 rings (SSSR count). The van der Waals surface area contributed by atoms with E-state index in [-0.39, 0.29) is 5.91 Å². The van der Waals surface area contributed by atoms with Crippen LogP contribution in [0.1, 0.15) is 24.8 Å². The van der Waals surface area contributed by atoms with Crippen molar-refractivity contribution in [2.45, 2.75) is 30.7 Å². The molecule has 1 N–H and O–H groups in total. The van der Waals surface area contributed by atoms with Gasteiger partial charge in [0.1, 0.15) is 17.2 Å². The van der Waals surface area contributed by atoms with Gasteiger partial charge in [-0.15, -0.1) is 0 Å². The molecule has 1 fully saturated rings. The molecule has 132 valence electrons. The van der Waals surface area contributed by atoms with E-state index < -0.39 is 0 Å². The fourth-order valence-electron chi connectivity index (χ4n) is 2.88. The normalized spacial score (nSPS) is 13.8. The second kappa shape index (κ2) is 9.42. The molecule has 1 amide bonds. The standard InChI is InChI=1S/C19H24N4OS/c24-18(20-10-6-9-16-7-2-1-3-8-16)14-25-19-13-17(21-15-22-19)23-11-4-5-12-23/h1-3,7-8,13,15H,4-6,9-12,14H2,(H,20,24). The lowest BCUT2D eigenvalue weighted by Gasteiger charge is -2.16. The molecule has 0 unspecified atom stereocenters. The molecular weight excluding hydrogens is 332 g/mol. The number of hydrogen-bond acceptors (Lipinski definition) is 5. The highest BCUT2D eigenvalue weighted by atomic mass is 32.2. The molecule has 0 atom stereocenters. The van der Waals surface area contributed by atoms with Crippen molar-refractivity contribution in [2.24, 2.45) is 0 Å². The van der Waals surface area contributed by atoms with E-state index in [1.165, 1.54) is 30.2 Å². The van der Waals surface area contributed by atoms with Crippen LogP contribution in [0.3, 0.4) is 0 Å². The van der Waals surface area contributed by atoms with Crippen molar-refractivity contribution in [3.8, 4) is 0 Å². The maximum atomic E-state index is 12.0. The second-order valence-electron chi connectivity index (χ2n) is 6.14. The molecule has 1 aromatic carbocycles. The number of aryl methyl sites for hydroxylation is 1. The minimum Gasteiger partial charge on any atom is -0.356 e. The van der Waals surface area contributed by atoms with Crippen molar-refractivity contribution in [3.05, 3.63) is 48.3 Å². The van der Waals surface area contributed by atoms with Crippen molar-refractivity contribution >= 4 is 23.5 Å². The highest BCUT2D eigenvalue weighted by molar-refractivity contribution is 7.99. The molecule has 0 spiro atoms. The van der Waals surface area contributed by atoms with Gasteiger partial charge in [0.25, 0.3) is 0 Å². The summed E-state index contributed by atoms with van der Waals surface area (Å²) in [5.41, 5.74) is 1.31. The van der Waals surface area contributed by atoms with Crippen molar-refractivity contribution < 1.29 is 4.79 Å². The SMILES string of the molecule is O=C(CSc1cc(N2CCCC2)ncn1)NCCCc1ccccc1. The number of carbonyl (C=O) groups is 1. The predicted molar refractivity (Wildman–Crippen MR) is 102 cm³/mol. The van der Waals surface area contributed by atoms with Crippen LogP contribution in [0.2, 0.25) is 0 Å². The van der Waals surface area contributed by atoms with Gasteiger partial charge >= 0.3 is 0 Å². The molecule has 2 heterocycles. The zero-order valence-electron chi connectivity index (χ0n) is 14.4. The van der Waals surface area contributed by atoms with E-state index in [4.69, 9.17) is 0 Å². The van der Waals surface area contributed by atoms with Gasteiger partial charge in [0, 0.05) is 25.7 Å². The summed E-state index contributed by atoms with van der Waals surface area (Å²) in [5.74, 6) is 1.42. The summed E-state index contributed by atoms with van der Waals surface area (Å²) >= 11 is 1.47. The van der Waals surface area contributed by atoms with Crippen LogP contribution in [0.4, 0.5) is 5.82 Å². The third-order valence-corrected chi connectivity index (χ3v) is 5.14. The van der Waals surface area contributed by atoms with Gasteiger partial charge in [-0.05, 0) is 31.2 Å². The Balaban J connectivity index is 1.36. The van der Waals surface area contributed by atoms with E-state index in [1.807, 2.05) is 24.3 Å². The van der Waals surface area contributed by atoms with Crippen LogP contribution in [0.5, 0.6) is 0 Å². The summed E-state index contributed by atoms with van der Waals surface area (Å²) in [4.78, 5) is 22.9. The van der Waals surface area contributed by atoms with E-state index in [1.54, 1.807) is 6.33 Å². The number of benzene rings is 1. The molecule has 1 aliphatic rings. The van der Waals surface area contributed by atoms with Crippen LogP contribution in [0, 0.1) is 0 Å². The lowest BCUT2D eigenvalue weighted by Crippen LogP contribution is -2.26. The Bertz CT molecular complexity index is 674. The Morgan fingerprint density at radius 2 is 1.96 bits per heavy atom. The largest absolute Gasteiger partial charge is 0.356 e. The Morgan fingerprint density at radius 1 is 1.16 bits per heavy atom. The Labute approximate surface area is 153 Å². The molecule has 6 heteroatoms. The number of hydrogen-bond donors (Lipinski definition) is 1. The molecular formula is C19H24N4OS. The van der Waals surface area contributed by atoms with Crippen LogP contribution < -0.4 is 10.2 Å². The van der Waals surface area contributed by atoms with E-state index in [0.717, 1.165) is 36.8 Å². The van der Waals surface area contributed by atoms with E-state index in [9.17, 15) is 4.79 Å². The van der Waals surface area contributed by atoms with Crippen LogP contribution in [-0.4, -0.2) is 41.3 Å². The quantitative estimate of drug-likeness (QED) is 0.448. The van der Waals surface area contributed by atoms with Gasteiger partial charge in [-0.3, -0.25) is 4.79 Å². The molecule has 5 nitrogen and oxygen atoms in total. The summed E-state index contributed by atoms with van der Waals surface area (Å²) in [6.45, 7) is 2.82. The summed E-state index contributed by atoms with van der Waals surface area (Å²) < 4.78 is 0. The van der Waals surface area contributed by atoms with Crippen molar-refractivity contribution in [1.82, 2.24) is 15.3 Å². The highest BCUT2D eigenvalue weighted by Gasteiger charge is 2.14. The van der Waals surface area contributed by atoms with Crippen molar-refractivity contribution in [3.63, 3.8) is 0 Å². The Morgan fingerprint density at radius 3 is 2.76 bits per heavy atom. The summed E-state index contributed by atoms with van der Waals surface area (Å²) in [6, 6.07) is 12.3. The number of anilines is 1. The van der Waals surface area contributed by atoms with Crippen LogP contribution in [0.25, 0.3) is 0 Å². The topological polar surface area (TPSA) is 58.1 Å². The zero-order chi connectivity index (χ0) is 17.3. The summed E-state index contributed by atoms with van der Waals surface area (Å²) in [5, 5.41) is 3.84. The van der Waals surface area contributed by atoms with Gasteiger partial charge in [-0.25, -0.2) is 9.97 Å². The zero-order valence-corrected chi connectivity index (χ0v) is 15.2. The molecule has 2 aromatic rings. The number of amides is 1. The molecule has 1 aliphatic heterocycles. The van der Waals surface area contributed by atoms with E-state index in [0.29, 0.717) is 12.3 Å². The van der Waals surface area contributed by atoms with Gasteiger partial charge in [-0.2, -0.15) is 0 Å². The number of thioether (sulfide) groups is 1. The first-order chi connectivity index (χ1) is 12.3. The van der Waals surface area contributed by atoms with Crippen molar-refractivity contribution in [2.75, 3.05) is 30.3 Å². The number of nitrogens with zero attached hydrogens (tertiary/aromatic N) is 3. The monoisotopic (exact) mass is 356 g/mol. The summed E-state index contributed by atoms with van der Waals surface area (Å²) in [7, 11) is 0. The molecule has 0 aliphatic carbocycles. The molecule has 1 saturated heterocycles. The first-order valence-corrected chi connectivity index (χ1v) is 9.80. The number of nitrogens with one attached hydrogen (secondary N) is 1. The average molecular weight is 356 g/mol. The van der Waals surface area contributed by atoms with E-state index in [2.05, 4.69) is 32.3 Å². The van der Waals surface area contributed by atoms with Crippen LogP contribution in [-0.2, 0) is 11.2 Å². The van der Waals surface area contributed by atoms with E-state index >= 15 is 0 Å². The van der Waals surface area contributed by atoms with Gasteiger partial charge in [0.15, 0.2) is 0 Å². The Kier molecular flexibility index (Phi) is 6.68. The molecule has 0 radical (unpaired) electrons. The fourth-order valence-corrected chi connectivity index (χ4v) is 3.57. The minimum atomic E-state index is 0.0550. The smallest absolute Gasteiger partial charge is 0.230 e. The van der Waals surface area contributed by atoms with Crippen molar-refractivity contribution in [1.29, 1.82) is 0 Å². The fraction of sp³-hybridized carbons (Fsp3) is 0.421. The third kappa shape index (κ3) is 5.74.